The van der Waals surface area contributed by atoms with Crippen LogP contribution in [0.5, 0.6) is 23.0 Å². The van der Waals surface area contributed by atoms with Crippen LogP contribution in [0.4, 0.5) is 0 Å². The Bertz CT molecular complexity index is 1360. The molecule has 6 nitrogen and oxygen atoms in total. The summed E-state index contributed by atoms with van der Waals surface area (Å²) < 4.78 is 30.4. The van der Waals surface area contributed by atoms with Crippen LogP contribution < -0.4 is 23.5 Å². The van der Waals surface area contributed by atoms with Gasteiger partial charge in [-0.25, -0.2) is 0 Å². The zero-order chi connectivity index (χ0) is 25.8. The second kappa shape index (κ2) is 10.5. The number of ether oxygens (including phenoxy) is 4. The van der Waals surface area contributed by atoms with Crippen molar-refractivity contribution >= 4 is 0 Å². The average molecular weight is 495 g/mol. The van der Waals surface area contributed by atoms with Gasteiger partial charge in [0.05, 0.1) is 39.6 Å². The molecule has 1 heterocycles. The summed E-state index contributed by atoms with van der Waals surface area (Å²) in [6, 6.07) is 31.6. The Kier molecular flexibility index (Phi) is 6.81. The van der Waals surface area contributed by atoms with E-state index in [0.717, 1.165) is 56.8 Å². The van der Waals surface area contributed by atoms with E-state index in [2.05, 4.69) is 4.57 Å². The van der Waals surface area contributed by atoms with Crippen LogP contribution in [0, 0.1) is 0 Å². The van der Waals surface area contributed by atoms with Gasteiger partial charge in [-0.15, -0.1) is 4.57 Å². The number of methoxy groups -OCH3 is 4. The van der Waals surface area contributed by atoms with Crippen LogP contribution in [-0.2, 0) is 0 Å². The van der Waals surface area contributed by atoms with Crippen LogP contribution in [0.25, 0.3) is 39.7 Å². The fourth-order valence-electron chi connectivity index (χ4n) is 4.24. The van der Waals surface area contributed by atoms with Gasteiger partial charge in [0.2, 0.25) is 11.4 Å². The highest BCUT2D eigenvalue weighted by Crippen LogP contribution is 2.37. The predicted molar refractivity (Wildman–Crippen MR) is 143 cm³/mol. The lowest BCUT2D eigenvalue weighted by atomic mass is 10.0. The molecule has 0 bridgehead atoms. The minimum Gasteiger partial charge on any atom is -0.497 e. The van der Waals surface area contributed by atoms with Crippen LogP contribution in [0.2, 0.25) is 0 Å². The summed E-state index contributed by atoms with van der Waals surface area (Å²) in [7, 11) is 6.63. The first-order valence-corrected chi connectivity index (χ1v) is 11.8. The predicted octanol–water partition coefficient (Wildman–Crippen LogP) is 6.59. The van der Waals surface area contributed by atoms with Gasteiger partial charge in [-0.05, 0) is 84.9 Å². The Morgan fingerprint density at radius 2 is 0.838 bits per heavy atom. The van der Waals surface area contributed by atoms with Gasteiger partial charge in [-0.2, -0.15) is 0 Å². The zero-order valence-corrected chi connectivity index (χ0v) is 21.2. The molecule has 0 atom stereocenters. The number of oxazole rings is 1. The van der Waals surface area contributed by atoms with E-state index in [0.29, 0.717) is 5.89 Å². The van der Waals surface area contributed by atoms with E-state index >= 15 is 0 Å². The molecule has 1 aromatic heterocycles. The van der Waals surface area contributed by atoms with Crippen molar-refractivity contribution in [3.05, 3.63) is 97.1 Å². The smallest absolute Gasteiger partial charge is 0.387 e. The Morgan fingerprint density at radius 1 is 0.459 bits per heavy atom. The second-order valence-electron chi connectivity index (χ2n) is 8.30. The third kappa shape index (κ3) is 4.74. The molecule has 0 spiro atoms. The average Bonchev–Trinajstić information content (AvgIpc) is 3.38. The van der Waals surface area contributed by atoms with Crippen LogP contribution in [0.15, 0.2) is 101 Å². The summed E-state index contributed by atoms with van der Waals surface area (Å²) in [5.41, 5.74) is 4.65. The summed E-state index contributed by atoms with van der Waals surface area (Å²) in [6.07, 6.45) is 0. The summed E-state index contributed by atoms with van der Waals surface area (Å²) in [5, 5.41) is 0. The number of hydrogen-bond donors (Lipinski definition) is 0. The molecule has 4 aromatic carbocycles. The van der Waals surface area contributed by atoms with E-state index in [1.165, 1.54) is 0 Å². The number of hydrogen-bond acceptors (Lipinski definition) is 5. The van der Waals surface area contributed by atoms with Gasteiger partial charge >= 0.3 is 5.89 Å². The summed E-state index contributed by atoms with van der Waals surface area (Å²) in [4.78, 5) is 0. The van der Waals surface area contributed by atoms with E-state index in [9.17, 15) is 0 Å². The van der Waals surface area contributed by atoms with Crippen molar-refractivity contribution in [2.45, 2.75) is 0 Å². The number of rotatable bonds is 8. The molecule has 37 heavy (non-hydrogen) atoms. The Hall–Kier alpha value is -4.71. The van der Waals surface area contributed by atoms with E-state index in [4.69, 9.17) is 23.4 Å². The molecule has 0 N–H and O–H groups in total. The van der Waals surface area contributed by atoms with Gasteiger partial charge in [0.1, 0.15) is 23.0 Å². The molecule has 5 aromatic rings. The Morgan fingerprint density at radius 3 is 1.27 bits per heavy atom. The number of nitrogens with zero attached hydrogens (tertiary/aromatic N) is 1. The molecule has 0 fully saturated rings. The molecule has 5 rings (SSSR count). The van der Waals surface area contributed by atoms with E-state index in [1.807, 2.05) is 97.1 Å². The number of benzene rings is 4. The molecular formula is C31H28NO5+. The maximum absolute atomic E-state index is 6.71. The van der Waals surface area contributed by atoms with Gasteiger partial charge in [0.15, 0.2) is 0 Å². The first-order chi connectivity index (χ1) is 18.1. The molecule has 0 amide bonds. The SMILES string of the molecule is COc1ccc(-c2oc(-c3ccc(OC)cc3)[n+](-c3ccc(OC)cc3)c2-c2ccc(OC)cc2)cc1. The molecule has 0 unspecified atom stereocenters. The van der Waals surface area contributed by atoms with Gasteiger partial charge in [0, 0.05) is 17.7 Å². The van der Waals surface area contributed by atoms with Crippen molar-refractivity contribution < 1.29 is 27.9 Å². The zero-order valence-electron chi connectivity index (χ0n) is 21.2. The van der Waals surface area contributed by atoms with E-state index < -0.39 is 0 Å². The minimum atomic E-state index is 0.685. The number of aromatic nitrogens is 1. The summed E-state index contributed by atoms with van der Waals surface area (Å²) >= 11 is 0. The lowest BCUT2D eigenvalue weighted by Crippen LogP contribution is -2.33. The second-order valence-corrected chi connectivity index (χ2v) is 8.30. The molecule has 0 radical (unpaired) electrons. The highest BCUT2D eigenvalue weighted by molar-refractivity contribution is 5.77. The fraction of sp³-hybridized carbons (Fsp3) is 0.129. The van der Waals surface area contributed by atoms with Crippen molar-refractivity contribution in [3.63, 3.8) is 0 Å². The summed E-state index contributed by atoms with van der Waals surface area (Å²) in [5.74, 6) is 4.53. The topological polar surface area (TPSA) is 53.9 Å². The minimum absolute atomic E-state index is 0.685. The Labute approximate surface area is 216 Å². The van der Waals surface area contributed by atoms with Crippen molar-refractivity contribution in [2.24, 2.45) is 0 Å². The quantitative estimate of drug-likeness (QED) is 0.228. The largest absolute Gasteiger partial charge is 0.497 e. The molecule has 0 saturated heterocycles. The van der Waals surface area contributed by atoms with Crippen LogP contribution >= 0.6 is 0 Å². The highest BCUT2D eigenvalue weighted by Gasteiger charge is 2.34. The summed E-state index contributed by atoms with van der Waals surface area (Å²) in [6.45, 7) is 0. The third-order valence-corrected chi connectivity index (χ3v) is 6.22. The van der Waals surface area contributed by atoms with Crippen LogP contribution in [0.3, 0.4) is 0 Å². The molecule has 186 valence electrons. The fourth-order valence-corrected chi connectivity index (χ4v) is 4.24. The third-order valence-electron chi connectivity index (χ3n) is 6.22. The molecule has 0 aliphatic rings. The van der Waals surface area contributed by atoms with Crippen molar-refractivity contribution in [3.8, 4) is 62.7 Å². The molecule has 0 aliphatic carbocycles. The lowest BCUT2D eigenvalue weighted by molar-refractivity contribution is -0.575. The van der Waals surface area contributed by atoms with Crippen molar-refractivity contribution in [1.82, 2.24) is 0 Å². The van der Waals surface area contributed by atoms with Gasteiger partial charge < -0.3 is 23.4 Å². The first-order valence-electron chi connectivity index (χ1n) is 11.8. The van der Waals surface area contributed by atoms with E-state index in [1.54, 1.807) is 28.4 Å². The van der Waals surface area contributed by atoms with Crippen molar-refractivity contribution in [1.29, 1.82) is 0 Å². The van der Waals surface area contributed by atoms with Crippen LogP contribution in [-0.4, -0.2) is 28.4 Å². The van der Waals surface area contributed by atoms with Gasteiger partial charge in [-0.1, -0.05) is 0 Å². The maximum atomic E-state index is 6.71. The standard InChI is InChI=1S/C31H28NO5/c1-33-25-13-5-21(6-14-25)29-30(22-7-15-26(34-2)16-8-22)37-31(23-9-17-27(35-3)18-10-23)32(29)24-11-19-28(36-4)20-12-24/h5-20H,1-4H3/q+1. The molecule has 0 saturated carbocycles. The monoisotopic (exact) mass is 494 g/mol. The molecular weight excluding hydrogens is 466 g/mol. The highest BCUT2D eigenvalue weighted by atomic mass is 16.5. The van der Waals surface area contributed by atoms with Gasteiger partial charge in [-0.3, -0.25) is 0 Å². The first kappa shape index (κ1) is 24.0. The molecule has 6 heteroatoms. The van der Waals surface area contributed by atoms with Crippen LogP contribution in [0.1, 0.15) is 0 Å². The Balaban J connectivity index is 1.81. The molecule has 0 aliphatic heterocycles. The van der Waals surface area contributed by atoms with Crippen molar-refractivity contribution in [2.75, 3.05) is 28.4 Å². The van der Waals surface area contributed by atoms with E-state index in [-0.39, 0.29) is 0 Å². The normalized spacial score (nSPS) is 10.7. The van der Waals surface area contributed by atoms with Gasteiger partial charge in [0.25, 0.3) is 5.69 Å². The maximum Gasteiger partial charge on any atom is 0.387 e. The lowest BCUT2D eigenvalue weighted by Gasteiger charge is -2.05.